The summed E-state index contributed by atoms with van der Waals surface area (Å²) in [5, 5.41) is 17.5. The van der Waals surface area contributed by atoms with Gasteiger partial charge < -0.3 is 20.3 Å². The predicted octanol–water partition coefficient (Wildman–Crippen LogP) is 3.96. The van der Waals surface area contributed by atoms with Crippen LogP contribution >= 0.6 is 0 Å². The van der Waals surface area contributed by atoms with Crippen molar-refractivity contribution in [3.63, 3.8) is 0 Å². The molecule has 0 saturated carbocycles. The van der Waals surface area contributed by atoms with Gasteiger partial charge in [0, 0.05) is 36.6 Å². The second-order valence-electron chi connectivity index (χ2n) is 8.83. The summed E-state index contributed by atoms with van der Waals surface area (Å²) in [5.74, 6) is -0.678. The van der Waals surface area contributed by atoms with Gasteiger partial charge in [0.25, 0.3) is 5.91 Å². The summed E-state index contributed by atoms with van der Waals surface area (Å²) < 4.78 is 15.1. The second kappa shape index (κ2) is 8.05. The fourth-order valence-electron chi connectivity index (χ4n) is 2.98. The number of nitrogens with zero attached hydrogens (tertiary/aromatic N) is 1. The molecule has 6 heteroatoms. The van der Waals surface area contributed by atoms with Crippen molar-refractivity contribution in [2.45, 2.75) is 52.7 Å². The zero-order chi connectivity index (χ0) is 21.3. The van der Waals surface area contributed by atoms with Crippen LogP contribution in [0.4, 0.5) is 10.1 Å². The summed E-state index contributed by atoms with van der Waals surface area (Å²) in [6.07, 6.45) is 1.79. The molecule has 1 aromatic heterocycles. The van der Waals surface area contributed by atoms with E-state index in [1.165, 1.54) is 12.1 Å². The third kappa shape index (κ3) is 5.00. The van der Waals surface area contributed by atoms with Gasteiger partial charge in [-0.05, 0) is 63.4 Å². The highest BCUT2D eigenvalue weighted by molar-refractivity contribution is 6.03. The van der Waals surface area contributed by atoms with E-state index in [9.17, 15) is 14.3 Å². The van der Waals surface area contributed by atoms with Gasteiger partial charge >= 0.3 is 0 Å². The van der Waals surface area contributed by atoms with Gasteiger partial charge in [0.15, 0.2) is 0 Å². The Labute approximate surface area is 167 Å². The molecule has 1 amide bonds. The first-order valence-corrected chi connectivity index (χ1v) is 9.55. The van der Waals surface area contributed by atoms with Crippen molar-refractivity contribution >= 4 is 11.6 Å². The molecule has 0 fully saturated rings. The molecule has 0 saturated heterocycles. The van der Waals surface area contributed by atoms with E-state index in [2.05, 4.69) is 10.6 Å². The maximum absolute atomic E-state index is 13.4. The molecule has 0 spiro atoms. The van der Waals surface area contributed by atoms with E-state index in [1.807, 2.05) is 34.6 Å². The van der Waals surface area contributed by atoms with Crippen LogP contribution in [0.15, 0.2) is 30.5 Å². The third-order valence-corrected chi connectivity index (χ3v) is 5.00. The number of aromatic nitrogens is 1. The Morgan fingerprint density at radius 3 is 2.43 bits per heavy atom. The minimum atomic E-state index is -1.12. The molecule has 0 aliphatic heterocycles. The first kappa shape index (κ1) is 22.1. The molecule has 1 atom stereocenters. The van der Waals surface area contributed by atoms with Crippen LogP contribution in [-0.4, -0.2) is 27.7 Å². The van der Waals surface area contributed by atoms with Gasteiger partial charge in [-0.15, -0.1) is 0 Å². The molecule has 0 aliphatic rings. The van der Waals surface area contributed by atoms with Crippen LogP contribution in [0, 0.1) is 18.7 Å². The molecule has 1 aromatic carbocycles. The van der Waals surface area contributed by atoms with Crippen molar-refractivity contribution < 1.29 is 14.3 Å². The largest absolute Gasteiger partial charge is 0.383 e. The van der Waals surface area contributed by atoms with E-state index < -0.39 is 5.60 Å². The maximum atomic E-state index is 13.4. The average molecular weight is 390 g/mol. The summed E-state index contributed by atoms with van der Waals surface area (Å²) in [5.41, 5.74) is 0.843. The number of nitrogens with one attached hydrogen (secondary N) is 2. The first-order valence-electron chi connectivity index (χ1n) is 9.55. The Kier molecular flexibility index (Phi) is 6.36. The number of carbonyl (C=O) groups is 1. The lowest BCUT2D eigenvalue weighted by Crippen LogP contribution is -2.48. The van der Waals surface area contributed by atoms with E-state index in [1.54, 1.807) is 36.9 Å². The quantitative estimate of drug-likeness (QED) is 0.701. The molecular weight excluding hydrogens is 357 g/mol. The molecule has 5 nitrogen and oxygen atoms in total. The number of aliphatic hydroxyl groups is 1. The number of anilines is 1. The molecular formula is C22H32FN3O2. The zero-order valence-corrected chi connectivity index (χ0v) is 17.9. The summed E-state index contributed by atoms with van der Waals surface area (Å²) in [6, 6.07) is 6.17. The van der Waals surface area contributed by atoms with Crippen LogP contribution < -0.4 is 10.6 Å². The number of β-amino-alcohol motifs (C(OH)–C–C–N with tert-alkyl or cyclic N) is 1. The number of aryl methyl sites for hydroxylation is 2. The van der Waals surface area contributed by atoms with Crippen molar-refractivity contribution in [1.82, 2.24) is 9.88 Å². The molecule has 1 unspecified atom stereocenters. The van der Waals surface area contributed by atoms with Gasteiger partial charge in [-0.1, -0.05) is 13.8 Å². The topological polar surface area (TPSA) is 66.3 Å². The van der Waals surface area contributed by atoms with Gasteiger partial charge in [0.1, 0.15) is 17.1 Å². The van der Waals surface area contributed by atoms with Crippen molar-refractivity contribution in [1.29, 1.82) is 0 Å². The number of halogens is 1. The first-order chi connectivity index (χ1) is 12.8. The fourth-order valence-corrected chi connectivity index (χ4v) is 2.98. The minimum Gasteiger partial charge on any atom is -0.383 e. The van der Waals surface area contributed by atoms with Gasteiger partial charge in [-0.3, -0.25) is 4.79 Å². The normalized spacial score (nSPS) is 14.2. The third-order valence-electron chi connectivity index (χ3n) is 5.00. The maximum Gasteiger partial charge on any atom is 0.272 e. The molecule has 0 aliphatic carbocycles. The molecule has 2 aromatic rings. The highest BCUT2D eigenvalue weighted by Gasteiger charge is 2.36. The predicted molar refractivity (Wildman–Crippen MR) is 111 cm³/mol. The van der Waals surface area contributed by atoms with Crippen molar-refractivity contribution in [3.05, 3.63) is 53.1 Å². The van der Waals surface area contributed by atoms with Crippen LogP contribution in [0.5, 0.6) is 0 Å². The highest BCUT2D eigenvalue weighted by Crippen LogP contribution is 2.31. The van der Waals surface area contributed by atoms with E-state index in [4.69, 9.17) is 0 Å². The van der Waals surface area contributed by atoms with E-state index in [0.29, 0.717) is 29.1 Å². The number of carbonyl (C=O) groups excluding carboxylic acids is 1. The number of amides is 1. The molecule has 154 valence electrons. The monoisotopic (exact) mass is 389 g/mol. The Bertz CT molecular complexity index is 852. The summed E-state index contributed by atoms with van der Waals surface area (Å²) in [7, 11) is 1.77. The Morgan fingerprint density at radius 2 is 1.89 bits per heavy atom. The van der Waals surface area contributed by atoms with Gasteiger partial charge in [0.05, 0.1) is 0 Å². The smallest absolute Gasteiger partial charge is 0.272 e. The average Bonchev–Trinajstić information content (AvgIpc) is 2.97. The van der Waals surface area contributed by atoms with E-state index >= 15 is 0 Å². The van der Waals surface area contributed by atoms with Gasteiger partial charge in [0.2, 0.25) is 0 Å². The number of hydrogen-bond donors (Lipinski definition) is 3. The van der Waals surface area contributed by atoms with E-state index in [0.717, 1.165) is 0 Å². The lowest BCUT2D eigenvalue weighted by molar-refractivity contribution is -0.0140. The lowest BCUT2D eigenvalue weighted by Gasteiger charge is -2.35. The van der Waals surface area contributed by atoms with Crippen LogP contribution in [0.3, 0.4) is 0 Å². The Hall–Kier alpha value is -2.18. The Balaban J connectivity index is 2.28. The van der Waals surface area contributed by atoms with Crippen molar-refractivity contribution in [2.75, 3.05) is 11.9 Å². The highest BCUT2D eigenvalue weighted by atomic mass is 19.1. The molecule has 2 rings (SSSR count). The standard InChI is InChI=1S/C22H32FN3O2/c1-14(2)22(28,13-24-21(4,5)6)16-11-19(26(7)12-16)20(27)25-17-8-9-18(23)15(3)10-17/h8-12,14,24,28H,13H2,1-7H3,(H,25,27). The van der Waals surface area contributed by atoms with Gasteiger partial charge in [-0.2, -0.15) is 0 Å². The second-order valence-corrected chi connectivity index (χ2v) is 8.83. The molecule has 1 heterocycles. The lowest BCUT2D eigenvalue weighted by atomic mass is 9.84. The summed E-state index contributed by atoms with van der Waals surface area (Å²) in [4.78, 5) is 12.7. The summed E-state index contributed by atoms with van der Waals surface area (Å²) in [6.45, 7) is 12.1. The van der Waals surface area contributed by atoms with Crippen LogP contribution in [0.1, 0.15) is 56.2 Å². The molecule has 0 bridgehead atoms. The summed E-state index contributed by atoms with van der Waals surface area (Å²) >= 11 is 0. The van der Waals surface area contributed by atoms with E-state index in [-0.39, 0.29) is 23.2 Å². The number of hydrogen-bond acceptors (Lipinski definition) is 3. The minimum absolute atomic E-state index is 0.0552. The van der Waals surface area contributed by atoms with Crippen LogP contribution in [-0.2, 0) is 12.6 Å². The molecule has 0 radical (unpaired) electrons. The number of benzene rings is 1. The number of rotatable bonds is 6. The molecule has 28 heavy (non-hydrogen) atoms. The Morgan fingerprint density at radius 1 is 1.25 bits per heavy atom. The van der Waals surface area contributed by atoms with Crippen molar-refractivity contribution in [3.8, 4) is 0 Å². The van der Waals surface area contributed by atoms with Gasteiger partial charge in [-0.25, -0.2) is 4.39 Å². The zero-order valence-electron chi connectivity index (χ0n) is 17.9. The fraction of sp³-hybridized carbons (Fsp3) is 0.500. The molecule has 3 N–H and O–H groups in total. The van der Waals surface area contributed by atoms with Crippen LogP contribution in [0.2, 0.25) is 0 Å². The SMILES string of the molecule is Cc1cc(NC(=O)c2cc(C(O)(CNC(C)(C)C)C(C)C)cn2C)ccc1F. The van der Waals surface area contributed by atoms with Crippen molar-refractivity contribution in [2.24, 2.45) is 13.0 Å². The van der Waals surface area contributed by atoms with Crippen LogP contribution in [0.25, 0.3) is 0 Å².